The molecule has 0 aliphatic carbocycles. The van der Waals surface area contributed by atoms with Crippen LogP contribution in [0.15, 0.2) is 36.7 Å². The van der Waals surface area contributed by atoms with E-state index in [0.717, 1.165) is 5.75 Å². The number of hydrazine groups is 1. The molecule has 0 saturated carbocycles. The minimum absolute atomic E-state index is 0.0302. The molecule has 0 bridgehead atoms. The number of para-hydroxylation sites is 1. The van der Waals surface area contributed by atoms with E-state index in [2.05, 4.69) is 20.4 Å². The number of aliphatic hydroxyl groups is 3. The topological polar surface area (TPSA) is 138 Å². The number of ether oxygens (including phenoxy) is 2. The Balaban J connectivity index is 1.49. The van der Waals surface area contributed by atoms with E-state index < -0.39 is 31.1 Å². The van der Waals surface area contributed by atoms with Crippen molar-refractivity contribution in [2.45, 2.75) is 24.5 Å². The summed E-state index contributed by atoms with van der Waals surface area (Å²) < 4.78 is 12.7. The zero-order chi connectivity index (χ0) is 22.0. The molecule has 4 N–H and O–H groups in total. The number of aliphatic hydroxyl groups excluding tert-OH is 3. The van der Waals surface area contributed by atoms with Crippen molar-refractivity contribution in [1.29, 1.82) is 0 Å². The predicted molar refractivity (Wildman–Crippen MR) is 112 cm³/mol. The summed E-state index contributed by atoms with van der Waals surface area (Å²) in [6.07, 6.45) is -2.98. The summed E-state index contributed by atoms with van der Waals surface area (Å²) in [4.78, 5) is 12.7. The Kier molecular flexibility index (Phi) is 6.51. The summed E-state index contributed by atoms with van der Waals surface area (Å²) in [5, 5.41) is 31.4. The molecule has 0 amide bonds. The number of rotatable bonds is 8. The number of fused-ring (bicyclic) bond motifs is 1. The number of nitrogens with zero attached hydrogens (tertiary/aromatic N) is 5. The maximum absolute atomic E-state index is 10.3. The van der Waals surface area contributed by atoms with E-state index >= 15 is 0 Å². The van der Waals surface area contributed by atoms with Gasteiger partial charge in [-0.25, -0.2) is 9.99 Å². The Bertz CT molecular complexity index is 1020. The molecule has 0 radical (unpaired) electrons. The largest absolute Gasteiger partial charge is 0.492 e. The zero-order valence-corrected chi connectivity index (χ0v) is 17.4. The average molecular weight is 451 g/mol. The van der Waals surface area contributed by atoms with Gasteiger partial charge in [-0.2, -0.15) is 9.97 Å². The summed E-state index contributed by atoms with van der Waals surface area (Å²) in [6.45, 7) is 0.541. The fourth-order valence-corrected chi connectivity index (χ4v) is 3.48. The van der Waals surface area contributed by atoms with Crippen LogP contribution in [0.4, 0.5) is 5.82 Å². The highest BCUT2D eigenvalue weighted by atomic mass is 35.5. The Morgan fingerprint density at radius 2 is 2.00 bits per heavy atom. The van der Waals surface area contributed by atoms with Crippen LogP contribution in [0.3, 0.4) is 0 Å². The molecule has 11 nitrogen and oxygen atoms in total. The summed E-state index contributed by atoms with van der Waals surface area (Å²) in [5.41, 5.74) is 3.82. The van der Waals surface area contributed by atoms with Crippen LogP contribution in [0.1, 0.15) is 6.23 Å². The molecule has 31 heavy (non-hydrogen) atoms. The Labute approximate surface area is 182 Å². The first kappa shape index (κ1) is 21.7. The van der Waals surface area contributed by atoms with Gasteiger partial charge in [0.25, 0.3) is 0 Å². The number of imidazole rings is 1. The van der Waals surface area contributed by atoms with Crippen molar-refractivity contribution in [1.82, 2.24) is 24.5 Å². The number of hydrogen-bond donors (Lipinski definition) is 4. The number of likely N-dealkylation sites (N-methyl/N-ethyl adjacent to an activating group) is 1. The lowest BCUT2D eigenvalue weighted by molar-refractivity contribution is -0.0511. The van der Waals surface area contributed by atoms with E-state index in [9.17, 15) is 15.3 Å². The fourth-order valence-electron chi connectivity index (χ4n) is 3.32. The van der Waals surface area contributed by atoms with Crippen LogP contribution in [0.5, 0.6) is 5.75 Å². The molecule has 4 atom stereocenters. The monoisotopic (exact) mass is 450 g/mol. The third-order valence-corrected chi connectivity index (χ3v) is 5.09. The normalized spacial score (nSPS) is 23.5. The van der Waals surface area contributed by atoms with Gasteiger partial charge in [-0.1, -0.05) is 18.2 Å². The minimum atomic E-state index is -1.27. The van der Waals surface area contributed by atoms with E-state index in [-0.39, 0.29) is 5.28 Å². The predicted octanol–water partition coefficient (Wildman–Crippen LogP) is 0.429. The van der Waals surface area contributed by atoms with Crippen LogP contribution in [0.2, 0.25) is 5.28 Å². The van der Waals surface area contributed by atoms with Gasteiger partial charge in [-0.3, -0.25) is 4.57 Å². The summed E-state index contributed by atoms with van der Waals surface area (Å²) in [6, 6.07) is 9.49. The lowest BCUT2D eigenvalue weighted by atomic mass is 10.1. The molecule has 1 saturated heterocycles. The van der Waals surface area contributed by atoms with Crippen LogP contribution < -0.4 is 10.2 Å². The number of halogens is 1. The van der Waals surface area contributed by atoms with E-state index in [4.69, 9.17) is 21.1 Å². The highest BCUT2D eigenvalue weighted by molar-refractivity contribution is 6.28. The van der Waals surface area contributed by atoms with Crippen molar-refractivity contribution in [2.75, 3.05) is 32.2 Å². The van der Waals surface area contributed by atoms with Gasteiger partial charge in [-0.05, 0) is 23.7 Å². The SMILES string of the molecule is CN(CCOc1ccccc1)Nc1nc(Cl)nc2c1ncn2[C@@H]1O[C@H](CO)[C@@H](O)[C@H]1O. The molecule has 166 valence electrons. The average Bonchev–Trinajstić information content (AvgIpc) is 3.30. The number of aromatic nitrogens is 4. The molecular formula is C19H23ClN6O5. The third kappa shape index (κ3) is 4.56. The first-order valence-corrected chi connectivity index (χ1v) is 10.0. The van der Waals surface area contributed by atoms with Gasteiger partial charge in [0.2, 0.25) is 5.28 Å². The highest BCUT2D eigenvalue weighted by Crippen LogP contribution is 2.32. The molecule has 4 rings (SSSR count). The standard InChI is InChI=1S/C19H23ClN6O5/c1-25(7-8-30-11-5-3-2-4-6-11)24-16-13-17(23-19(20)22-16)26(10-21-13)18-15(29)14(28)12(9-27)31-18/h2-6,10,12,14-15,18,27-29H,7-9H2,1H3,(H,22,23,24)/t12-,14-,15-,18-/m1/s1. The number of hydrogen-bond acceptors (Lipinski definition) is 10. The maximum Gasteiger partial charge on any atom is 0.226 e. The number of anilines is 1. The molecule has 12 heteroatoms. The Hall–Kier alpha value is -2.54. The van der Waals surface area contributed by atoms with Crippen molar-refractivity contribution < 1.29 is 24.8 Å². The van der Waals surface area contributed by atoms with E-state index in [1.54, 1.807) is 5.01 Å². The lowest BCUT2D eigenvalue weighted by Crippen LogP contribution is -2.33. The summed E-state index contributed by atoms with van der Waals surface area (Å²) in [7, 11) is 1.82. The lowest BCUT2D eigenvalue weighted by Gasteiger charge is -2.19. The van der Waals surface area contributed by atoms with E-state index in [1.165, 1.54) is 10.9 Å². The second-order valence-electron chi connectivity index (χ2n) is 7.09. The van der Waals surface area contributed by atoms with Crippen molar-refractivity contribution in [3.8, 4) is 5.75 Å². The molecule has 0 unspecified atom stereocenters. The first-order chi connectivity index (χ1) is 15.0. The van der Waals surface area contributed by atoms with Crippen molar-refractivity contribution in [3.05, 3.63) is 41.9 Å². The highest BCUT2D eigenvalue weighted by Gasteiger charge is 2.44. The van der Waals surface area contributed by atoms with Crippen LogP contribution in [-0.4, -0.2) is 85.0 Å². The van der Waals surface area contributed by atoms with Gasteiger partial charge < -0.3 is 30.2 Å². The van der Waals surface area contributed by atoms with Gasteiger partial charge in [0.05, 0.1) is 19.5 Å². The number of nitrogens with one attached hydrogen (secondary N) is 1. The number of benzene rings is 1. The Morgan fingerprint density at radius 3 is 2.71 bits per heavy atom. The molecule has 3 heterocycles. The molecule has 0 spiro atoms. The second kappa shape index (κ2) is 9.30. The van der Waals surface area contributed by atoms with E-state index in [0.29, 0.717) is 30.1 Å². The minimum Gasteiger partial charge on any atom is -0.492 e. The molecular weight excluding hydrogens is 428 g/mol. The molecule has 1 fully saturated rings. The quantitative estimate of drug-likeness (QED) is 0.282. The summed E-state index contributed by atoms with van der Waals surface area (Å²) >= 11 is 6.11. The van der Waals surface area contributed by atoms with Gasteiger partial charge >= 0.3 is 0 Å². The van der Waals surface area contributed by atoms with Crippen LogP contribution in [0, 0.1) is 0 Å². The Morgan fingerprint density at radius 1 is 1.23 bits per heavy atom. The van der Waals surface area contributed by atoms with Crippen molar-refractivity contribution in [3.63, 3.8) is 0 Å². The molecule has 2 aromatic heterocycles. The van der Waals surface area contributed by atoms with Crippen molar-refractivity contribution >= 4 is 28.6 Å². The molecule has 3 aromatic rings. The van der Waals surface area contributed by atoms with E-state index in [1.807, 2.05) is 37.4 Å². The van der Waals surface area contributed by atoms with Gasteiger partial charge in [0.15, 0.2) is 23.2 Å². The van der Waals surface area contributed by atoms with Crippen LogP contribution in [-0.2, 0) is 4.74 Å². The van der Waals surface area contributed by atoms with Crippen molar-refractivity contribution in [2.24, 2.45) is 0 Å². The fraction of sp³-hybridized carbons (Fsp3) is 0.421. The van der Waals surface area contributed by atoms with Crippen LogP contribution in [0.25, 0.3) is 11.2 Å². The summed E-state index contributed by atoms with van der Waals surface area (Å²) in [5.74, 6) is 1.14. The van der Waals surface area contributed by atoms with Gasteiger partial charge in [0, 0.05) is 7.05 Å². The first-order valence-electron chi connectivity index (χ1n) is 9.66. The maximum atomic E-state index is 10.3. The second-order valence-corrected chi connectivity index (χ2v) is 7.43. The van der Waals surface area contributed by atoms with Crippen LogP contribution >= 0.6 is 11.6 Å². The molecule has 1 aliphatic heterocycles. The molecule has 1 aromatic carbocycles. The van der Waals surface area contributed by atoms with Gasteiger partial charge in [-0.15, -0.1) is 0 Å². The third-order valence-electron chi connectivity index (χ3n) is 4.92. The zero-order valence-electron chi connectivity index (χ0n) is 16.7. The van der Waals surface area contributed by atoms with Gasteiger partial charge in [0.1, 0.15) is 30.7 Å². The molecule has 1 aliphatic rings. The smallest absolute Gasteiger partial charge is 0.226 e.